The summed E-state index contributed by atoms with van der Waals surface area (Å²) in [7, 11) is 1.60. The van der Waals surface area contributed by atoms with Gasteiger partial charge in [0.05, 0.1) is 24.7 Å². The van der Waals surface area contributed by atoms with E-state index in [0.717, 1.165) is 50.5 Å². The minimum absolute atomic E-state index is 0.0593. The number of hydrogen-bond acceptors (Lipinski definition) is 10. The van der Waals surface area contributed by atoms with Gasteiger partial charge in [-0.25, -0.2) is 14.8 Å². The molecular weight excluding hydrogens is 697 g/mol. The number of benzene rings is 1. The summed E-state index contributed by atoms with van der Waals surface area (Å²) in [6, 6.07) is 3.55. The molecule has 3 aliphatic carbocycles. The van der Waals surface area contributed by atoms with Gasteiger partial charge in [-0.15, -0.1) is 6.58 Å². The van der Waals surface area contributed by atoms with Crippen LogP contribution >= 0.6 is 11.9 Å². The molecule has 1 aromatic carbocycles. The average Bonchev–Trinajstić information content (AvgIpc) is 4.04. The van der Waals surface area contributed by atoms with Crippen LogP contribution in [-0.2, 0) is 25.5 Å². The Bertz CT molecular complexity index is 1760. The highest BCUT2D eigenvalue weighted by Gasteiger charge is 2.55. The van der Waals surface area contributed by atoms with Gasteiger partial charge in [-0.05, 0) is 86.8 Å². The van der Waals surface area contributed by atoms with E-state index in [0.29, 0.717) is 53.3 Å². The highest BCUT2D eigenvalue weighted by atomic mass is 32.2. The second-order valence-corrected chi connectivity index (χ2v) is 17.5. The molecule has 5 aliphatic rings. The number of amides is 4. The Balaban J connectivity index is 1.22. The van der Waals surface area contributed by atoms with Crippen LogP contribution in [0.1, 0.15) is 90.7 Å². The van der Waals surface area contributed by atoms with Crippen LogP contribution in [0.2, 0.25) is 0 Å². The lowest BCUT2D eigenvalue weighted by atomic mass is 9.66. The number of ether oxygens (including phenoxy) is 3. The number of aromatic nitrogens is 2. The first-order chi connectivity index (χ1) is 25.4. The summed E-state index contributed by atoms with van der Waals surface area (Å²) in [6.07, 6.45) is 8.89. The summed E-state index contributed by atoms with van der Waals surface area (Å²) >= 11 is 1.40. The van der Waals surface area contributed by atoms with Crippen molar-refractivity contribution in [3.8, 4) is 11.6 Å². The molecule has 2 aliphatic heterocycles. The van der Waals surface area contributed by atoms with Crippen molar-refractivity contribution >= 4 is 46.8 Å². The predicted molar refractivity (Wildman–Crippen MR) is 200 cm³/mol. The molecule has 13 nitrogen and oxygen atoms in total. The maximum atomic E-state index is 14.7. The van der Waals surface area contributed by atoms with Gasteiger partial charge in [0.2, 0.25) is 17.7 Å². The third-order valence-corrected chi connectivity index (χ3v) is 12.5. The minimum Gasteiger partial charge on any atom is -0.497 e. The van der Waals surface area contributed by atoms with E-state index in [-0.39, 0.29) is 30.9 Å². The van der Waals surface area contributed by atoms with E-state index in [9.17, 15) is 19.2 Å². The molecule has 7 atom stereocenters. The number of fused-ring (bicyclic) bond motifs is 5. The van der Waals surface area contributed by atoms with Gasteiger partial charge in [-0.2, -0.15) is 0 Å². The summed E-state index contributed by atoms with van der Waals surface area (Å²) in [5.74, 6) is -0.116. The fraction of sp³-hybridized carbons (Fsp3) is 0.641. The van der Waals surface area contributed by atoms with Crippen molar-refractivity contribution < 1.29 is 33.4 Å². The summed E-state index contributed by atoms with van der Waals surface area (Å²) < 4.78 is 20.8. The van der Waals surface area contributed by atoms with Crippen molar-refractivity contribution in [2.24, 2.45) is 17.3 Å². The molecule has 2 aromatic rings. The van der Waals surface area contributed by atoms with E-state index < -0.39 is 47.0 Å². The van der Waals surface area contributed by atoms with Crippen molar-refractivity contribution in [1.82, 2.24) is 30.2 Å². The lowest BCUT2D eigenvalue weighted by molar-refractivity contribution is -0.145. The number of aryl methyl sites for hydroxylation is 1. The van der Waals surface area contributed by atoms with Crippen LogP contribution in [0.4, 0.5) is 4.79 Å². The second kappa shape index (κ2) is 15.0. The Hall–Kier alpha value is -4.07. The number of nitrogens with one attached hydrogen (secondary N) is 3. The van der Waals surface area contributed by atoms with Gasteiger partial charge >= 0.3 is 6.09 Å². The van der Waals surface area contributed by atoms with Gasteiger partial charge in [-0.3, -0.25) is 19.1 Å². The lowest BCUT2D eigenvalue weighted by Gasteiger charge is -2.47. The summed E-state index contributed by atoms with van der Waals surface area (Å²) in [5, 5.41) is 6.33. The van der Waals surface area contributed by atoms with Crippen molar-refractivity contribution in [1.29, 1.82) is 0 Å². The minimum atomic E-state index is -1.18. The van der Waals surface area contributed by atoms with Crippen molar-refractivity contribution in [2.45, 2.75) is 126 Å². The third kappa shape index (κ3) is 8.07. The fourth-order valence-corrected chi connectivity index (χ4v) is 8.58. The van der Waals surface area contributed by atoms with Crippen LogP contribution in [0.3, 0.4) is 0 Å². The van der Waals surface area contributed by atoms with Crippen LogP contribution in [-0.4, -0.2) is 87.4 Å². The third-order valence-electron chi connectivity index (χ3n) is 11.4. The number of nitrogens with zero attached hydrogens (tertiary/aromatic N) is 3. The Morgan fingerprint density at radius 3 is 2.58 bits per heavy atom. The lowest BCUT2D eigenvalue weighted by Crippen LogP contribution is -2.69. The summed E-state index contributed by atoms with van der Waals surface area (Å²) in [4.78, 5) is 67.4. The van der Waals surface area contributed by atoms with E-state index in [2.05, 4.69) is 21.9 Å². The largest absolute Gasteiger partial charge is 0.497 e. The normalized spacial score (nSPS) is 30.5. The predicted octanol–water partition coefficient (Wildman–Crippen LogP) is 5.01. The molecule has 3 saturated carbocycles. The zero-order valence-corrected chi connectivity index (χ0v) is 32.0. The molecule has 3 heterocycles. The zero-order chi connectivity index (χ0) is 37.5. The zero-order valence-electron chi connectivity index (χ0n) is 31.2. The highest BCUT2D eigenvalue weighted by molar-refractivity contribution is 7.98. The molecule has 14 heteroatoms. The number of alkyl carbamates (subject to hydrolysis) is 1. The molecule has 2 bridgehead atoms. The quantitative estimate of drug-likeness (QED) is 0.260. The van der Waals surface area contributed by atoms with Crippen LogP contribution in [0.5, 0.6) is 11.6 Å². The molecule has 3 N–H and O–H groups in total. The molecule has 4 fully saturated rings. The van der Waals surface area contributed by atoms with Crippen molar-refractivity contribution in [2.75, 3.05) is 13.7 Å². The molecule has 4 amide bonds. The van der Waals surface area contributed by atoms with Crippen LogP contribution in [0.25, 0.3) is 11.0 Å². The Morgan fingerprint density at radius 2 is 1.89 bits per heavy atom. The standard InChI is InChI=1S/C39H52N6O7S/c1-6-23-16-17-39(23,36(48)44-53-26-13-14-26)43-33(46)30-20-25-21-45(30)35(47)32(38(2,3)4)42-37(49)52-31-18-22(31)10-8-7-9-11-28-34(51-25)41-29-19-24(50-5)12-15-27(29)40-28/h6,12,15,19,22-23,25-26,30-32H,1,7-11,13-14,16-18,20-21H2,2-5H3,(H,42,49)(H,43,46)(H,44,48)/t22-,23-,25-,30+,31-,32-,39-/m1/s1. The number of methoxy groups -OCH3 is 1. The molecule has 1 aromatic heterocycles. The number of hydrogen-bond donors (Lipinski definition) is 3. The first-order valence-corrected chi connectivity index (χ1v) is 20.0. The molecule has 0 unspecified atom stereocenters. The topological polar surface area (TPSA) is 161 Å². The molecule has 53 heavy (non-hydrogen) atoms. The van der Waals surface area contributed by atoms with Gasteiger partial charge in [0.1, 0.15) is 41.3 Å². The van der Waals surface area contributed by atoms with Crippen LogP contribution < -0.4 is 24.8 Å². The monoisotopic (exact) mass is 748 g/mol. The van der Waals surface area contributed by atoms with Crippen molar-refractivity contribution in [3.05, 3.63) is 36.5 Å². The first kappa shape index (κ1) is 37.3. The maximum Gasteiger partial charge on any atom is 0.408 e. The fourth-order valence-electron chi connectivity index (χ4n) is 7.75. The summed E-state index contributed by atoms with van der Waals surface area (Å²) in [5.41, 5.74) is 0.146. The molecule has 1 saturated heterocycles. The summed E-state index contributed by atoms with van der Waals surface area (Å²) in [6.45, 7) is 9.61. The number of carbonyl (C=O) groups excluding carboxylic acids is 4. The smallest absolute Gasteiger partial charge is 0.408 e. The van der Waals surface area contributed by atoms with Gasteiger partial charge in [0, 0.05) is 23.7 Å². The average molecular weight is 749 g/mol. The van der Waals surface area contributed by atoms with Gasteiger partial charge in [0.15, 0.2) is 0 Å². The van der Waals surface area contributed by atoms with E-state index >= 15 is 0 Å². The van der Waals surface area contributed by atoms with Crippen molar-refractivity contribution in [3.63, 3.8) is 0 Å². The molecule has 0 radical (unpaired) electrons. The Kier molecular flexibility index (Phi) is 10.5. The van der Waals surface area contributed by atoms with E-state index in [1.807, 2.05) is 39.0 Å². The highest BCUT2D eigenvalue weighted by Crippen LogP contribution is 2.42. The van der Waals surface area contributed by atoms with E-state index in [4.69, 9.17) is 24.2 Å². The molecule has 286 valence electrons. The molecule has 7 rings (SSSR count). The second-order valence-electron chi connectivity index (χ2n) is 16.4. The number of carbonyl (C=O) groups is 4. The van der Waals surface area contributed by atoms with Gasteiger partial charge in [0.25, 0.3) is 5.91 Å². The Labute approximate surface area is 315 Å². The van der Waals surface area contributed by atoms with E-state index in [1.54, 1.807) is 13.2 Å². The SMILES string of the molecule is C=C[C@@H]1CC[C@]1(NC(=O)[C@@H]1C[C@@H]2CN1C(=O)[C@H](C(C)(C)C)NC(=O)O[C@@H]1C[C@H]1CCCCCc1nc3ccc(OC)cc3nc1O2)C(=O)NSC1CC1. The first-order valence-electron chi connectivity index (χ1n) is 19.1. The molecule has 0 spiro atoms. The maximum absolute atomic E-state index is 14.7. The van der Waals surface area contributed by atoms with Gasteiger partial charge in [-0.1, -0.05) is 39.7 Å². The number of rotatable bonds is 7. The van der Waals surface area contributed by atoms with Gasteiger partial charge < -0.3 is 29.7 Å². The molecular formula is C39H52N6O7S. The van der Waals surface area contributed by atoms with Crippen LogP contribution in [0, 0.1) is 17.3 Å². The Morgan fingerprint density at radius 1 is 1.08 bits per heavy atom. The van der Waals surface area contributed by atoms with E-state index in [1.165, 1.54) is 16.8 Å². The van der Waals surface area contributed by atoms with Crippen LogP contribution in [0.15, 0.2) is 30.9 Å².